The summed E-state index contributed by atoms with van der Waals surface area (Å²) in [7, 11) is 0. The molecule has 0 unspecified atom stereocenters. The molecule has 0 aliphatic carbocycles. The van der Waals surface area contributed by atoms with Gasteiger partial charge in [0.25, 0.3) is 11.8 Å². The summed E-state index contributed by atoms with van der Waals surface area (Å²) in [5, 5.41) is 5.31. The van der Waals surface area contributed by atoms with E-state index < -0.39 is 17.7 Å². The van der Waals surface area contributed by atoms with Gasteiger partial charge in [-0.15, -0.1) is 0 Å². The highest BCUT2D eigenvalue weighted by atomic mass is 16.2. The predicted molar refractivity (Wildman–Crippen MR) is 107 cm³/mol. The van der Waals surface area contributed by atoms with E-state index in [-0.39, 0.29) is 5.91 Å². The van der Waals surface area contributed by atoms with Crippen LogP contribution in [0, 0.1) is 0 Å². The summed E-state index contributed by atoms with van der Waals surface area (Å²) >= 11 is 0. The van der Waals surface area contributed by atoms with E-state index in [1.807, 2.05) is 30.4 Å². The van der Waals surface area contributed by atoms with E-state index in [0.717, 1.165) is 37.7 Å². The van der Waals surface area contributed by atoms with Gasteiger partial charge in [-0.05, 0) is 50.7 Å². The molecule has 0 aromatic heterocycles. The topological polar surface area (TPSA) is 75.3 Å². The smallest absolute Gasteiger partial charge is 0.289 e. The number of amides is 2. The van der Waals surface area contributed by atoms with E-state index in [0.29, 0.717) is 18.5 Å². The van der Waals surface area contributed by atoms with Crippen molar-refractivity contribution >= 4 is 17.6 Å². The highest BCUT2D eigenvalue weighted by molar-refractivity contribution is 6.38. The van der Waals surface area contributed by atoms with Crippen molar-refractivity contribution in [2.24, 2.45) is 0 Å². The van der Waals surface area contributed by atoms with Crippen LogP contribution in [0.3, 0.4) is 0 Å². The molecule has 2 N–H and O–H groups in total. The lowest BCUT2D eigenvalue weighted by Gasteiger charge is -2.17. The van der Waals surface area contributed by atoms with Crippen LogP contribution in [0.1, 0.15) is 67.8 Å². The molecular weight excluding hydrogens is 340 g/mol. The molecule has 1 atom stereocenters. The van der Waals surface area contributed by atoms with Crippen molar-refractivity contribution in [3.63, 3.8) is 0 Å². The minimum atomic E-state index is -0.849. The van der Waals surface area contributed by atoms with Crippen molar-refractivity contribution in [1.82, 2.24) is 10.6 Å². The van der Waals surface area contributed by atoms with Gasteiger partial charge in [0.15, 0.2) is 0 Å². The van der Waals surface area contributed by atoms with Gasteiger partial charge in [0.05, 0.1) is 0 Å². The molecule has 27 heavy (non-hydrogen) atoms. The third kappa shape index (κ3) is 6.66. The molecule has 2 amide bonds. The van der Waals surface area contributed by atoms with Crippen molar-refractivity contribution in [1.29, 1.82) is 0 Å². The fourth-order valence-corrected chi connectivity index (χ4v) is 3.29. The number of aryl methyl sites for hydroxylation is 1. The van der Waals surface area contributed by atoms with Gasteiger partial charge in [-0.1, -0.05) is 49.6 Å². The van der Waals surface area contributed by atoms with Gasteiger partial charge in [0.2, 0.25) is 5.78 Å². The molecule has 0 radical (unpaired) electrons. The van der Waals surface area contributed by atoms with Crippen LogP contribution in [0.2, 0.25) is 0 Å². The summed E-state index contributed by atoms with van der Waals surface area (Å²) in [5.41, 5.74) is 1.58. The number of ketones is 1. The zero-order valence-electron chi connectivity index (χ0n) is 16.1. The summed E-state index contributed by atoms with van der Waals surface area (Å²) in [6.45, 7) is 2.14. The van der Waals surface area contributed by atoms with Gasteiger partial charge in [-0.2, -0.15) is 0 Å². The maximum Gasteiger partial charge on any atom is 0.289 e. The predicted octanol–water partition coefficient (Wildman–Crippen LogP) is 3.33. The fraction of sp³-hybridized carbons (Fsp3) is 0.500. The normalized spacial score (nSPS) is 20.3. The van der Waals surface area contributed by atoms with Crippen molar-refractivity contribution in [3.05, 3.63) is 47.5 Å². The number of carbonyl (C=O) groups is 3. The number of Topliss-reactive ketones (excluding diaryl/α,β-unsaturated/α-hetero) is 1. The lowest BCUT2D eigenvalue weighted by Crippen LogP contribution is -2.47. The van der Waals surface area contributed by atoms with Crippen molar-refractivity contribution in [3.8, 4) is 0 Å². The van der Waals surface area contributed by atoms with Gasteiger partial charge in [-0.3, -0.25) is 14.4 Å². The van der Waals surface area contributed by atoms with E-state index in [2.05, 4.69) is 10.6 Å². The van der Waals surface area contributed by atoms with E-state index in [4.69, 9.17) is 0 Å². The van der Waals surface area contributed by atoms with E-state index >= 15 is 0 Å². The molecule has 2 rings (SSSR count). The quantitative estimate of drug-likeness (QED) is 0.633. The Hall–Kier alpha value is -2.43. The summed E-state index contributed by atoms with van der Waals surface area (Å²) in [6.07, 6.45) is 11.8. The summed E-state index contributed by atoms with van der Waals surface area (Å²) in [5.74, 6) is -1.55. The number of allylic oxidation sites excluding steroid dienone is 1. The number of hydrogen-bond acceptors (Lipinski definition) is 3. The Kier molecular flexibility index (Phi) is 8.75. The van der Waals surface area contributed by atoms with Gasteiger partial charge in [0.1, 0.15) is 6.04 Å². The van der Waals surface area contributed by atoms with Crippen LogP contribution in [0.15, 0.2) is 36.4 Å². The third-order valence-corrected chi connectivity index (χ3v) is 4.80. The average Bonchev–Trinajstić information content (AvgIpc) is 2.68. The monoisotopic (exact) mass is 370 g/mol. The maximum absolute atomic E-state index is 12.8. The fourth-order valence-electron chi connectivity index (χ4n) is 3.29. The van der Waals surface area contributed by atoms with Crippen LogP contribution in [-0.2, 0) is 16.0 Å². The minimum absolute atomic E-state index is 0.295. The van der Waals surface area contributed by atoms with Gasteiger partial charge < -0.3 is 10.6 Å². The number of likely N-dealkylation sites (N-methyl/N-ethyl adjacent to an activating group) is 1. The Morgan fingerprint density at radius 2 is 1.81 bits per heavy atom. The highest BCUT2D eigenvalue weighted by Gasteiger charge is 2.26. The Morgan fingerprint density at radius 3 is 2.63 bits per heavy atom. The first-order chi connectivity index (χ1) is 13.1. The second-order valence-corrected chi connectivity index (χ2v) is 6.92. The first-order valence-corrected chi connectivity index (χ1v) is 9.99. The Morgan fingerprint density at radius 1 is 1.07 bits per heavy atom. The van der Waals surface area contributed by atoms with E-state index in [9.17, 15) is 14.4 Å². The molecule has 1 aliphatic heterocycles. The van der Waals surface area contributed by atoms with Crippen molar-refractivity contribution in [2.75, 3.05) is 6.54 Å². The standard InChI is InChI=1S/C22H30N2O3/c1-2-23-22(27)20(25)19-16-10-8-6-4-3-5-7-9-13-17-14-11-12-15-18(17)21(26)24-19/h8,10-12,14-15,19H,2-7,9,13,16H2,1H3,(H,23,27)(H,24,26)/b10-8-/t19-/m0/s1. The molecule has 0 bridgehead atoms. The van der Waals surface area contributed by atoms with Crippen LogP contribution in [0.5, 0.6) is 0 Å². The molecule has 0 fully saturated rings. The molecular formula is C22H30N2O3. The van der Waals surface area contributed by atoms with Crippen LogP contribution in [0.25, 0.3) is 0 Å². The number of benzene rings is 1. The molecule has 0 saturated heterocycles. The number of hydrogen-bond donors (Lipinski definition) is 2. The Labute approximate surface area is 161 Å². The van der Waals surface area contributed by atoms with E-state index in [1.54, 1.807) is 13.0 Å². The maximum atomic E-state index is 12.8. The molecule has 1 heterocycles. The molecule has 0 saturated carbocycles. The number of carbonyl (C=O) groups excluding carboxylic acids is 3. The van der Waals surface area contributed by atoms with Crippen LogP contribution >= 0.6 is 0 Å². The lowest BCUT2D eigenvalue weighted by molar-refractivity contribution is -0.138. The molecule has 146 valence electrons. The molecule has 1 aromatic carbocycles. The third-order valence-electron chi connectivity index (χ3n) is 4.80. The lowest BCUT2D eigenvalue weighted by atomic mass is 9.99. The molecule has 1 aromatic rings. The van der Waals surface area contributed by atoms with Crippen molar-refractivity contribution in [2.45, 2.75) is 64.3 Å². The first kappa shape index (κ1) is 20.9. The highest BCUT2D eigenvalue weighted by Crippen LogP contribution is 2.15. The zero-order chi connectivity index (χ0) is 19.5. The summed E-state index contributed by atoms with van der Waals surface area (Å²) in [6, 6.07) is 6.66. The first-order valence-electron chi connectivity index (χ1n) is 9.99. The molecule has 5 nitrogen and oxygen atoms in total. The van der Waals surface area contributed by atoms with Gasteiger partial charge in [-0.25, -0.2) is 0 Å². The Balaban J connectivity index is 2.22. The number of fused-ring (bicyclic) bond motifs is 1. The number of rotatable bonds is 3. The van der Waals surface area contributed by atoms with Crippen LogP contribution in [-0.4, -0.2) is 30.2 Å². The van der Waals surface area contributed by atoms with Crippen molar-refractivity contribution < 1.29 is 14.4 Å². The average molecular weight is 370 g/mol. The molecule has 5 heteroatoms. The summed E-state index contributed by atoms with van der Waals surface area (Å²) < 4.78 is 0. The Bertz CT molecular complexity index is 682. The van der Waals surface area contributed by atoms with Gasteiger partial charge >= 0.3 is 0 Å². The summed E-state index contributed by atoms with van der Waals surface area (Å²) in [4.78, 5) is 37.3. The SMILES string of the molecule is CCNC(=O)C(=O)[C@@H]1C/C=C\CCCCCCCc2ccccc2C(=O)N1. The molecule has 1 aliphatic rings. The van der Waals surface area contributed by atoms with Crippen LogP contribution in [0.4, 0.5) is 0 Å². The van der Waals surface area contributed by atoms with E-state index in [1.165, 1.54) is 12.8 Å². The largest absolute Gasteiger partial charge is 0.350 e. The second kappa shape index (κ2) is 11.3. The molecule has 0 spiro atoms. The van der Waals surface area contributed by atoms with Gasteiger partial charge in [0, 0.05) is 12.1 Å². The number of nitrogens with one attached hydrogen (secondary N) is 2. The zero-order valence-corrected chi connectivity index (χ0v) is 16.1. The second-order valence-electron chi connectivity index (χ2n) is 6.92. The minimum Gasteiger partial charge on any atom is -0.350 e. The van der Waals surface area contributed by atoms with Crippen LogP contribution < -0.4 is 10.6 Å².